The van der Waals surface area contributed by atoms with E-state index in [4.69, 9.17) is 4.74 Å². The predicted molar refractivity (Wildman–Crippen MR) is 81.5 cm³/mol. The van der Waals surface area contributed by atoms with Gasteiger partial charge in [0.2, 0.25) is 0 Å². The van der Waals surface area contributed by atoms with E-state index < -0.39 is 0 Å². The predicted octanol–water partition coefficient (Wildman–Crippen LogP) is 3.07. The standard InChI is InChI=1S/C17H21N3O/c1-2-7-17-13(5-1)15(8-10-21-17)20-12-18-11-16(20)14-6-3-4-9-19-14/h1-2,5,7,11-12,14-15,19H,3-4,6,8-10H2. The summed E-state index contributed by atoms with van der Waals surface area (Å²) in [5.41, 5.74) is 2.59. The van der Waals surface area contributed by atoms with Crippen LogP contribution in [0.4, 0.5) is 0 Å². The van der Waals surface area contributed by atoms with E-state index in [2.05, 4.69) is 33.1 Å². The monoisotopic (exact) mass is 283 g/mol. The minimum absolute atomic E-state index is 0.344. The van der Waals surface area contributed by atoms with Gasteiger partial charge in [-0.1, -0.05) is 24.6 Å². The highest BCUT2D eigenvalue weighted by atomic mass is 16.5. The minimum atomic E-state index is 0.344. The van der Waals surface area contributed by atoms with Crippen molar-refractivity contribution in [3.63, 3.8) is 0 Å². The second-order valence-corrected chi connectivity index (χ2v) is 5.92. The molecular weight excluding hydrogens is 262 g/mol. The maximum absolute atomic E-state index is 5.79. The highest BCUT2D eigenvalue weighted by Crippen LogP contribution is 2.36. The molecule has 0 radical (unpaired) electrons. The van der Waals surface area contributed by atoms with Crippen molar-refractivity contribution in [1.29, 1.82) is 0 Å². The van der Waals surface area contributed by atoms with Crippen molar-refractivity contribution in [2.45, 2.75) is 37.8 Å². The fraction of sp³-hybridized carbons (Fsp3) is 0.471. The Bertz CT molecular complexity index is 616. The Labute approximate surface area is 125 Å². The number of piperidine rings is 1. The van der Waals surface area contributed by atoms with E-state index >= 15 is 0 Å². The summed E-state index contributed by atoms with van der Waals surface area (Å²) in [6, 6.07) is 9.16. The third-order valence-corrected chi connectivity index (χ3v) is 4.63. The normalized spacial score (nSPS) is 25.1. The number of ether oxygens (including phenoxy) is 1. The molecule has 4 heteroatoms. The number of aromatic nitrogens is 2. The van der Waals surface area contributed by atoms with Crippen LogP contribution in [0.2, 0.25) is 0 Å². The highest BCUT2D eigenvalue weighted by Gasteiger charge is 2.27. The van der Waals surface area contributed by atoms with Crippen molar-refractivity contribution in [3.05, 3.63) is 48.0 Å². The van der Waals surface area contributed by atoms with Gasteiger partial charge in [-0.3, -0.25) is 0 Å². The SMILES string of the molecule is c1ccc2c(c1)OCCC2n1cncc1C1CCCCN1. The zero-order chi connectivity index (χ0) is 14.1. The zero-order valence-electron chi connectivity index (χ0n) is 12.2. The van der Waals surface area contributed by atoms with E-state index in [1.165, 1.54) is 30.5 Å². The lowest BCUT2D eigenvalue weighted by Gasteiger charge is -2.31. The van der Waals surface area contributed by atoms with Crippen LogP contribution < -0.4 is 10.1 Å². The van der Waals surface area contributed by atoms with Gasteiger partial charge < -0.3 is 14.6 Å². The van der Waals surface area contributed by atoms with E-state index in [-0.39, 0.29) is 0 Å². The topological polar surface area (TPSA) is 39.1 Å². The molecule has 4 nitrogen and oxygen atoms in total. The van der Waals surface area contributed by atoms with Crippen LogP contribution in [0.3, 0.4) is 0 Å². The third kappa shape index (κ3) is 2.33. The number of rotatable bonds is 2. The van der Waals surface area contributed by atoms with E-state index in [0.717, 1.165) is 25.3 Å². The van der Waals surface area contributed by atoms with Gasteiger partial charge in [-0.25, -0.2) is 4.98 Å². The number of benzene rings is 1. The lowest BCUT2D eigenvalue weighted by atomic mass is 9.98. The maximum Gasteiger partial charge on any atom is 0.124 e. The van der Waals surface area contributed by atoms with Crippen LogP contribution in [-0.4, -0.2) is 22.7 Å². The summed E-state index contributed by atoms with van der Waals surface area (Å²) in [6.07, 6.45) is 8.81. The molecule has 110 valence electrons. The van der Waals surface area contributed by atoms with Crippen molar-refractivity contribution < 1.29 is 4.74 Å². The van der Waals surface area contributed by atoms with Gasteiger partial charge in [0, 0.05) is 24.2 Å². The molecule has 1 aromatic carbocycles. The van der Waals surface area contributed by atoms with Gasteiger partial charge in [0.05, 0.1) is 24.7 Å². The molecule has 2 atom stereocenters. The summed E-state index contributed by atoms with van der Waals surface area (Å²) in [4.78, 5) is 4.43. The van der Waals surface area contributed by atoms with Crippen molar-refractivity contribution in [2.24, 2.45) is 0 Å². The molecule has 4 rings (SSSR count). The molecule has 2 unspecified atom stereocenters. The van der Waals surface area contributed by atoms with Crippen LogP contribution in [0.15, 0.2) is 36.8 Å². The van der Waals surface area contributed by atoms with Gasteiger partial charge in [0.15, 0.2) is 0 Å². The molecule has 0 bridgehead atoms. The van der Waals surface area contributed by atoms with Crippen molar-refractivity contribution in [1.82, 2.24) is 14.9 Å². The molecule has 1 saturated heterocycles. The largest absolute Gasteiger partial charge is 0.493 e. The Morgan fingerprint density at radius 2 is 2.14 bits per heavy atom. The van der Waals surface area contributed by atoms with Gasteiger partial charge >= 0.3 is 0 Å². The Morgan fingerprint density at radius 1 is 1.19 bits per heavy atom. The fourth-order valence-electron chi connectivity index (χ4n) is 3.56. The highest BCUT2D eigenvalue weighted by molar-refractivity contribution is 5.38. The summed E-state index contributed by atoms with van der Waals surface area (Å²) < 4.78 is 8.14. The molecule has 0 spiro atoms. The molecule has 1 N–H and O–H groups in total. The number of hydrogen-bond acceptors (Lipinski definition) is 3. The second kappa shape index (κ2) is 5.53. The average Bonchev–Trinajstić information content (AvgIpc) is 3.04. The van der Waals surface area contributed by atoms with Gasteiger partial charge in [-0.05, 0) is 25.5 Å². The lowest BCUT2D eigenvalue weighted by Crippen LogP contribution is -2.30. The van der Waals surface area contributed by atoms with E-state index in [1.54, 1.807) is 0 Å². The molecule has 0 aliphatic carbocycles. The van der Waals surface area contributed by atoms with E-state index in [0.29, 0.717) is 12.1 Å². The molecule has 3 heterocycles. The molecule has 0 amide bonds. The number of nitrogens with one attached hydrogen (secondary N) is 1. The Kier molecular flexibility index (Phi) is 3.39. The smallest absolute Gasteiger partial charge is 0.124 e. The molecule has 1 aromatic heterocycles. The van der Waals surface area contributed by atoms with Crippen LogP contribution in [0.25, 0.3) is 0 Å². The summed E-state index contributed by atoms with van der Waals surface area (Å²) in [5.74, 6) is 1.02. The summed E-state index contributed by atoms with van der Waals surface area (Å²) in [5, 5.41) is 3.63. The first-order valence-corrected chi connectivity index (χ1v) is 7.90. The van der Waals surface area contributed by atoms with Crippen molar-refractivity contribution in [3.8, 4) is 5.75 Å². The van der Waals surface area contributed by atoms with Crippen LogP contribution in [0.5, 0.6) is 5.75 Å². The van der Waals surface area contributed by atoms with Gasteiger partial charge in [-0.2, -0.15) is 0 Å². The molecule has 2 aliphatic rings. The second-order valence-electron chi connectivity index (χ2n) is 5.92. The molecule has 21 heavy (non-hydrogen) atoms. The Balaban J connectivity index is 1.70. The van der Waals surface area contributed by atoms with E-state index in [9.17, 15) is 0 Å². The van der Waals surface area contributed by atoms with Crippen LogP contribution in [-0.2, 0) is 0 Å². The van der Waals surface area contributed by atoms with Gasteiger partial charge in [0.25, 0.3) is 0 Å². The van der Waals surface area contributed by atoms with Crippen LogP contribution in [0, 0.1) is 0 Å². The number of imidazole rings is 1. The van der Waals surface area contributed by atoms with Crippen LogP contribution in [0.1, 0.15) is 49.0 Å². The molecule has 2 aliphatic heterocycles. The number of para-hydroxylation sites is 1. The first kappa shape index (κ1) is 12.9. The Hall–Kier alpha value is -1.81. The fourth-order valence-corrected chi connectivity index (χ4v) is 3.56. The van der Waals surface area contributed by atoms with Gasteiger partial charge in [-0.15, -0.1) is 0 Å². The Morgan fingerprint density at radius 3 is 3.05 bits per heavy atom. The lowest BCUT2D eigenvalue weighted by molar-refractivity contribution is 0.252. The zero-order valence-corrected chi connectivity index (χ0v) is 12.2. The number of nitrogens with zero attached hydrogens (tertiary/aromatic N) is 2. The summed E-state index contributed by atoms with van der Waals surface area (Å²) >= 11 is 0. The summed E-state index contributed by atoms with van der Waals surface area (Å²) in [7, 11) is 0. The minimum Gasteiger partial charge on any atom is -0.493 e. The number of fused-ring (bicyclic) bond motifs is 1. The first-order chi connectivity index (χ1) is 10.4. The quantitative estimate of drug-likeness (QED) is 0.920. The molecule has 2 aromatic rings. The summed E-state index contributed by atoms with van der Waals surface area (Å²) in [6.45, 7) is 1.89. The van der Waals surface area contributed by atoms with Crippen LogP contribution >= 0.6 is 0 Å². The van der Waals surface area contributed by atoms with Crippen molar-refractivity contribution in [2.75, 3.05) is 13.2 Å². The molecule has 1 fully saturated rings. The average molecular weight is 283 g/mol. The first-order valence-electron chi connectivity index (χ1n) is 7.90. The van der Waals surface area contributed by atoms with Crippen molar-refractivity contribution >= 4 is 0 Å². The third-order valence-electron chi connectivity index (χ3n) is 4.63. The van der Waals surface area contributed by atoms with Gasteiger partial charge in [0.1, 0.15) is 5.75 Å². The molecular formula is C17H21N3O. The maximum atomic E-state index is 5.79. The van der Waals surface area contributed by atoms with E-state index in [1.807, 2.05) is 18.6 Å². The number of hydrogen-bond donors (Lipinski definition) is 1. The molecule has 0 saturated carbocycles.